The Bertz CT molecular complexity index is 2270. The van der Waals surface area contributed by atoms with Gasteiger partial charge in [0.1, 0.15) is 40.5 Å². The SMILES string of the molecule is C#CCN(Cc1cc2c(=O)[nH]c(C)nc2cc1C)c1ccc(C(=O)N[C@@H](CCC(=O)N(CC#C)[C@@H](CCC(=O)OC(C)(C)C)C(=O)OC(C)(C)C)C(=O)OC(C)(C)C)c(F)c1. The molecule has 0 bridgehead atoms. The lowest BCUT2D eigenvalue weighted by Crippen LogP contribution is -2.49. The van der Waals surface area contributed by atoms with E-state index in [0.29, 0.717) is 22.4 Å². The van der Waals surface area contributed by atoms with E-state index in [2.05, 4.69) is 27.1 Å². The third kappa shape index (κ3) is 15.1. The van der Waals surface area contributed by atoms with Crippen LogP contribution < -0.4 is 15.8 Å². The smallest absolute Gasteiger partial charge is 0.329 e. The van der Waals surface area contributed by atoms with E-state index >= 15 is 4.39 Å². The van der Waals surface area contributed by atoms with Crippen LogP contribution >= 0.6 is 0 Å². The van der Waals surface area contributed by atoms with Crippen LogP contribution in [0.3, 0.4) is 0 Å². The van der Waals surface area contributed by atoms with Crippen molar-refractivity contribution in [3.8, 4) is 24.7 Å². The monoisotopic (exact) mass is 843 g/mol. The molecule has 0 saturated carbocycles. The fourth-order valence-corrected chi connectivity index (χ4v) is 6.22. The van der Waals surface area contributed by atoms with Gasteiger partial charge in [-0.2, -0.15) is 0 Å². The number of amides is 2. The Morgan fingerprint density at radius 1 is 0.836 bits per heavy atom. The van der Waals surface area contributed by atoms with E-state index < -0.39 is 76.4 Å². The van der Waals surface area contributed by atoms with Crippen molar-refractivity contribution in [1.82, 2.24) is 20.2 Å². The summed E-state index contributed by atoms with van der Waals surface area (Å²) in [6.07, 6.45) is 10.2. The van der Waals surface area contributed by atoms with Gasteiger partial charge in [0.05, 0.1) is 29.6 Å². The molecule has 0 aliphatic rings. The van der Waals surface area contributed by atoms with Crippen LogP contribution in [-0.4, -0.2) is 86.6 Å². The Morgan fingerprint density at radius 3 is 2.02 bits per heavy atom. The Hall–Kier alpha value is -6.22. The van der Waals surface area contributed by atoms with Crippen molar-refractivity contribution in [2.45, 2.75) is 137 Å². The zero-order chi connectivity index (χ0) is 46.0. The van der Waals surface area contributed by atoms with Crippen LogP contribution in [-0.2, 0) is 39.9 Å². The van der Waals surface area contributed by atoms with Crippen molar-refractivity contribution < 1.29 is 42.6 Å². The van der Waals surface area contributed by atoms with Gasteiger partial charge in [-0.25, -0.2) is 19.0 Å². The highest BCUT2D eigenvalue weighted by Crippen LogP contribution is 2.25. The van der Waals surface area contributed by atoms with Crippen LogP contribution in [0.1, 0.15) is 115 Å². The minimum absolute atomic E-state index is 0.0617. The van der Waals surface area contributed by atoms with Gasteiger partial charge in [-0.15, -0.1) is 12.8 Å². The summed E-state index contributed by atoms with van der Waals surface area (Å²) in [5.41, 5.74) is -0.976. The highest BCUT2D eigenvalue weighted by Gasteiger charge is 2.35. The first kappa shape index (κ1) is 49.1. The number of carbonyl (C=O) groups excluding carboxylic acids is 5. The molecule has 1 aromatic heterocycles. The number of anilines is 1. The fraction of sp³-hybridized carbons (Fsp3) is 0.500. The second-order valence-corrected chi connectivity index (χ2v) is 17.7. The lowest BCUT2D eigenvalue weighted by atomic mass is 10.0. The maximum absolute atomic E-state index is 15.9. The van der Waals surface area contributed by atoms with Crippen LogP contribution in [0.2, 0.25) is 0 Å². The number of aromatic amines is 1. The molecule has 2 aromatic carbocycles. The number of nitrogens with one attached hydrogen (secondary N) is 2. The first-order valence-corrected chi connectivity index (χ1v) is 19.9. The van der Waals surface area contributed by atoms with Crippen LogP contribution in [0, 0.1) is 44.4 Å². The Balaban J connectivity index is 1.89. The van der Waals surface area contributed by atoms with E-state index in [4.69, 9.17) is 27.1 Å². The van der Waals surface area contributed by atoms with Gasteiger partial charge in [-0.1, -0.05) is 11.8 Å². The number of H-pyrrole nitrogens is 1. The minimum atomic E-state index is -1.44. The number of esters is 3. The van der Waals surface area contributed by atoms with Crippen molar-refractivity contribution in [3.05, 3.63) is 69.0 Å². The van der Waals surface area contributed by atoms with Gasteiger partial charge in [-0.05, 0) is 130 Å². The number of benzene rings is 2. The lowest BCUT2D eigenvalue weighted by Gasteiger charge is -2.32. The van der Waals surface area contributed by atoms with Gasteiger partial charge in [0.15, 0.2) is 0 Å². The number of carbonyl (C=O) groups is 5. The molecular weight excluding hydrogens is 786 g/mol. The summed E-state index contributed by atoms with van der Waals surface area (Å²) in [5.74, 6) is 0.553. The molecule has 0 saturated heterocycles. The number of halogens is 1. The van der Waals surface area contributed by atoms with Gasteiger partial charge in [0, 0.05) is 25.1 Å². The topological polar surface area (TPSA) is 177 Å². The van der Waals surface area contributed by atoms with Crippen LogP contribution in [0.5, 0.6) is 0 Å². The number of fused-ring (bicyclic) bond motifs is 1. The summed E-state index contributed by atoms with van der Waals surface area (Å²) >= 11 is 0. The molecule has 14 nitrogen and oxygen atoms in total. The normalized spacial score (nSPS) is 12.6. The third-order valence-electron chi connectivity index (χ3n) is 8.81. The zero-order valence-corrected chi connectivity index (χ0v) is 37.0. The molecular formula is C46H58FN5O9. The first-order valence-electron chi connectivity index (χ1n) is 19.9. The highest BCUT2D eigenvalue weighted by atomic mass is 19.1. The molecule has 2 N–H and O–H groups in total. The maximum Gasteiger partial charge on any atom is 0.329 e. The lowest BCUT2D eigenvalue weighted by molar-refractivity contribution is -0.166. The van der Waals surface area contributed by atoms with E-state index in [1.54, 1.807) is 86.3 Å². The first-order chi connectivity index (χ1) is 28.2. The highest BCUT2D eigenvalue weighted by molar-refractivity contribution is 5.97. The summed E-state index contributed by atoms with van der Waals surface area (Å²) in [5, 5.41) is 2.90. The minimum Gasteiger partial charge on any atom is -0.460 e. The zero-order valence-electron chi connectivity index (χ0n) is 37.0. The van der Waals surface area contributed by atoms with Crippen molar-refractivity contribution in [2.24, 2.45) is 0 Å². The van der Waals surface area contributed by atoms with E-state index in [0.717, 1.165) is 22.1 Å². The van der Waals surface area contributed by atoms with Crippen molar-refractivity contribution in [3.63, 3.8) is 0 Å². The number of hydrogen-bond acceptors (Lipinski definition) is 11. The van der Waals surface area contributed by atoms with Gasteiger partial charge in [0.2, 0.25) is 5.91 Å². The Kier molecular flexibility index (Phi) is 16.4. The largest absolute Gasteiger partial charge is 0.460 e. The van der Waals surface area contributed by atoms with E-state index in [9.17, 15) is 28.8 Å². The maximum atomic E-state index is 15.9. The number of rotatable bonds is 16. The van der Waals surface area contributed by atoms with Crippen molar-refractivity contribution in [2.75, 3.05) is 18.0 Å². The number of aromatic nitrogens is 2. The number of ether oxygens (including phenoxy) is 3. The van der Waals surface area contributed by atoms with Crippen molar-refractivity contribution in [1.29, 1.82) is 0 Å². The molecule has 328 valence electrons. The quantitative estimate of drug-likeness (QED) is 0.101. The van der Waals surface area contributed by atoms with Crippen LogP contribution in [0.4, 0.5) is 10.1 Å². The third-order valence-corrected chi connectivity index (χ3v) is 8.81. The molecule has 0 spiro atoms. The molecule has 3 rings (SSSR count). The standard InChI is InChI=1S/C46H58FN5O9/c1-14-22-51(27-30-25-33-36(24-28(30)3)48-29(4)49-41(33)56)31-16-17-32(34(47)26-31)40(55)50-35(42(57)60-45(8,9)10)18-20-38(53)52(23-15-2)37(43(58)61-46(11,12)13)19-21-39(54)59-44(5,6)7/h1-2,16-17,24-26,35,37H,18-23,27H2,3-13H3,(H,50,55)(H,48,49,56)/t35-,37-/m0/s1. The van der Waals surface area contributed by atoms with Gasteiger partial charge >= 0.3 is 17.9 Å². The van der Waals surface area contributed by atoms with Gasteiger partial charge in [-0.3, -0.25) is 19.2 Å². The summed E-state index contributed by atoms with van der Waals surface area (Å²) in [6.45, 7) is 18.4. The molecule has 0 unspecified atom stereocenters. The molecule has 0 aliphatic heterocycles. The molecule has 3 aromatic rings. The molecule has 0 aliphatic carbocycles. The predicted octanol–water partition coefficient (Wildman–Crippen LogP) is 5.83. The van der Waals surface area contributed by atoms with Crippen molar-refractivity contribution >= 4 is 46.3 Å². The molecule has 0 radical (unpaired) electrons. The number of terminal acetylenes is 2. The van der Waals surface area contributed by atoms with Gasteiger partial charge in [0.25, 0.3) is 11.5 Å². The second kappa shape index (κ2) is 20.4. The fourth-order valence-electron chi connectivity index (χ4n) is 6.22. The average Bonchev–Trinajstić information content (AvgIpc) is 3.10. The van der Waals surface area contributed by atoms with Gasteiger partial charge < -0.3 is 34.3 Å². The molecule has 0 fully saturated rings. The average molecular weight is 844 g/mol. The summed E-state index contributed by atoms with van der Waals surface area (Å²) in [7, 11) is 0. The van der Waals surface area contributed by atoms with E-state index in [1.807, 2.05) is 6.92 Å². The van der Waals surface area contributed by atoms with Crippen LogP contribution in [0.25, 0.3) is 10.9 Å². The molecule has 15 heteroatoms. The number of nitrogens with zero attached hydrogens (tertiary/aromatic N) is 3. The Labute approximate surface area is 357 Å². The molecule has 1 heterocycles. The second-order valence-electron chi connectivity index (χ2n) is 17.7. The molecule has 2 amide bonds. The summed E-state index contributed by atoms with van der Waals surface area (Å²) in [4.78, 5) is 89.7. The predicted molar refractivity (Wildman–Crippen MR) is 230 cm³/mol. The van der Waals surface area contributed by atoms with E-state index in [-0.39, 0.29) is 44.5 Å². The summed E-state index contributed by atoms with van der Waals surface area (Å²) in [6, 6.07) is 4.66. The number of aryl methyl sites for hydroxylation is 2. The van der Waals surface area contributed by atoms with E-state index in [1.165, 1.54) is 12.1 Å². The summed E-state index contributed by atoms with van der Waals surface area (Å²) < 4.78 is 32.4. The Morgan fingerprint density at radius 2 is 1.44 bits per heavy atom. The number of hydrogen-bond donors (Lipinski definition) is 2. The van der Waals surface area contributed by atoms with Crippen LogP contribution in [0.15, 0.2) is 35.1 Å². The molecule has 2 atom stereocenters. The molecule has 61 heavy (non-hydrogen) atoms.